The highest BCUT2D eigenvalue weighted by atomic mass is 79.9. The van der Waals surface area contributed by atoms with E-state index in [4.69, 9.17) is 4.42 Å². The van der Waals surface area contributed by atoms with Gasteiger partial charge in [0.25, 0.3) is 0 Å². The second-order valence-corrected chi connectivity index (χ2v) is 5.41. The van der Waals surface area contributed by atoms with E-state index in [2.05, 4.69) is 31.4 Å². The molecule has 0 bridgehead atoms. The summed E-state index contributed by atoms with van der Waals surface area (Å²) in [5.74, 6) is 1.71. The first kappa shape index (κ1) is 11.9. The minimum Gasteiger partial charge on any atom is -0.420 e. The van der Waals surface area contributed by atoms with Crippen LogP contribution in [-0.2, 0) is 0 Å². The minimum atomic E-state index is 0.357. The summed E-state index contributed by atoms with van der Waals surface area (Å²) in [6, 6.07) is 7.89. The summed E-state index contributed by atoms with van der Waals surface area (Å²) in [7, 11) is 0. The average molecular weight is 308 g/mol. The Balaban J connectivity index is 1.82. The molecule has 0 aliphatic carbocycles. The first-order valence-corrected chi connectivity index (χ1v) is 6.92. The van der Waals surface area contributed by atoms with Crippen LogP contribution in [0, 0.1) is 0 Å². The highest BCUT2D eigenvalue weighted by molar-refractivity contribution is 9.10. The van der Waals surface area contributed by atoms with Gasteiger partial charge in [-0.05, 0) is 43.7 Å². The average Bonchev–Trinajstić information content (AvgIpc) is 2.90. The van der Waals surface area contributed by atoms with Gasteiger partial charge in [0.2, 0.25) is 11.8 Å². The second-order valence-electron chi connectivity index (χ2n) is 4.50. The van der Waals surface area contributed by atoms with Gasteiger partial charge in [0.1, 0.15) is 0 Å². The van der Waals surface area contributed by atoms with Crippen molar-refractivity contribution >= 4 is 15.9 Å². The summed E-state index contributed by atoms with van der Waals surface area (Å²) < 4.78 is 6.82. The number of hydrogen-bond donors (Lipinski definition) is 1. The first-order chi connectivity index (χ1) is 8.83. The molecule has 94 valence electrons. The number of nitrogens with one attached hydrogen (secondary N) is 1. The van der Waals surface area contributed by atoms with Gasteiger partial charge in [0.05, 0.1) is 0 Å². The smallest absolute Gasteiger partial charge is 0.247 e. The third-order valence-electron chi connectivity index (χ3n) is 3.18. The van der Waals surface area contributed by atoms with Gasteiger partial charge in [-0.15, -0.1) is 10.2 Å². The van der Waals surface area contributed by atoms with E-state index in [1.807, 2.05) is 24.3 Å². The maximum absolute atomic E-state index is 5.77. The van der Waals surface area contributed by atoms with Crippen molar-refractivity contribution in [3.05, 3.63) is 34.6 Å². The SMILES string of the molecule is Brc1ccc(-c2nnc(C3CCCNC3)o2)cc1. The summed E-state index contributed by atoms with van der Waals surface area (Å²) in [6.07, 6.45) is 2.29. The first-order valence-electron chi connectivity index (χ1n) is 6.13. The Morgan fingerprint density at radius 3 is 2.78 bits per heavy atom. The van der Waals surface area contributed by atoms with Crippen molar-refractivity contribution in [3.8, 4) is 11.5 Å². The molecule has 1 fully saturated rings. The number of nitrogens with zero attached hydrogens (tertiary/aromatic N) is 2. The van der Waals surface area contributed by atoms with Crippen molar-refractivity contribution in [1.29, 1.82) is 0 Å². The highest BCUT2D eigenvalue weighted by Crippen LogP contribution is 2.26. The fraction of sp³-hybridized carbons (Fsp3) is 0.385. The van der Waals surface area contributed by atoms with Gasteiger partial charge in [0.15, 0.2) is 0 Å². The van der Waals surface area contributed by atoms with Crippen LogP contribution in [0.1, 0.15) is 24.7 Å². The molecule has 1 aliphatic rings. The maximum atomic E-state index is 5.77. The van der Waals surface area contributed by atoms with Gasteiger partial charge < -0.3 is 9.73 Å². The third-order valence-corrected chi connectivity index (χ3v) is 3.71. The molecule has 3 rings (SSSR count). The molecule has 1 saturated heterocycles. The van der Waals surface area contributed by atoms with Crippen LogP contribution < -0.4 is 5.32 Å². The second kappa shape index (κ2) is 5.20. The zero-order valence-electron chi connectivity index (χ0n) is 9.90. The predicted molar refractivity (Wildman–Crippen MR) is 72.3 cm³/mol. The zero-order valence-corrected chi connectivity index (χ0v) is 11.5. The molecule has 0 saturated carbocycles. The normalized spacial score (nSPS) is 19.9. The van der Waals surface area contributed by atoms with E-state index in [1.54, 1.807) is 0 Å². The van der Waals surface area contributed by atoms with Crippen LogP contribution in [0.2, 0.25) is 0 Å². The standard InChI is InChI=1S/C13H14BrN3O/c14-11-5-3-9(4-6-11)12-16-17-13(18-12)10-2-1-7-15-8-10/h3-6,10,15H,1-2,7-8H2. The summed E-state index contributed by atoms with van der Waals surface area (Å²) in [6.45, 7) is 2.02. The summed E-state index contributed by atoms with van der Waals surface area (Å²) >= 11 is 3.41. The number of halogens is 1. The van der Waals surface area contributed by atoms with Crippen molar-refractivity contribution in [2.45, 2.75) is 18.8 Å². The quantitative estimate of drug-likeness (QED) is 0.926. The maximum Gasteiger partial charge on any atom is 0.247 e. The van der Waals surface area contributed by atoms with E-state index in [9.17, 15) is 0 Å². The molecule has 0 amide bonds. The molecule has 4 nitrogen and oxygen atoms in total. The molecule has 1 aromatic heterocycles. The molecular weight excluding hydrogens is 294 g/mol. The minimum absolute atomic E-state index is 0.357. The van der Waals surface area contributed by atoms with Crippen LogP contribution in [0.4, 0.5) is 0 Å². The van der Waals surface area contributed by atoms with E-state index < -0.39 is 0 Å². The molecule has 2 heterocycles. The summed E-state index contributed by atoms with van der Waals surface area (Å²) in [5, 5.41) is 11.7. The molecular formula is C13H14BrN3O. The lowest BCUT2D eigenvalue weighted by atomic mass is 10.00. The van der Waals surface area contributed by atoms with Crippen molar-refractivity contribution in [2.75, 3.05) is 13.1 Å². The van der Waals surface area contributed by atoms with Crippen molar-refractivity contribution < 1.29 is 4.42 Å². The number of benzene rings is 1. The Bertz CT molecular complexity index is 517. The van der Waals surface area contributed by atoms with E-state index in [0.29, 0.717) is 11.8 Å². The molecule has 18 heavy (non-hydrogen) atoms. The van der Waals surface area contributed by atoms with Gasteiger partial charge in [-0.25, -0.2) is 0 Å². The van der Waals surface area contributed by atoms with Gasteiger partial charge in [-0.3, -0.25) is 0 Å². The van der Waals surface area contributed by atoms with E-state index >= 15 is 0 Å². The van der Waals surface area contributed by atoms with Crippen molar-refractivity contribution in [1.82, 2.24) is 15.5 Å². The monoisotopic (exact) mass is 307 g/mol. The fourth-order valence-electron chi connectivity index (χ4n) is 2.17. The van der Waals surface area contributed by atoms with Crippen LogP contribution in [0.25, 0.3) is 11.5 Å². The number of aromatic nitrogens is 2. The van der Waals surface area contributed by atoms with Crippen LogP contribution in [0.15, 0.2) is 33.2 Å². The van der Waals surface area contributed by atoms with E-state index in [0.717, 1.165) is 35.4 Å². The third kappa shape index (κ3) is 2.47. The molecule has 1 aromatic carbocycles. The molecule has 1 aliphatic heterocycles. The van der Waals surface area contributed by atoms with Crippen molar-refractivity contribution in [3.63, 3.8) is 0 Å². The van der Waals surface area contributed by atoms with Crippen molar-refractivity contribution in [2.24, 2.45) is 0 Å². The lowest BCUT2D eigenvalue weighted by molar-refractivity contribution is 0.380. The molecule has 2 aromatic rings. The fourth-order valence-corrected chi connectivity index (χ4v) is 2.44. The Hall–Kier alpha value is -1.20. The van der Waals surface area contributed by atoms with Crippen LogP contribution in [-0.4, -0.2) is 23.3 Å². The predicted octanol–water partition coefficient (Wildman–Crippen LogP) is 2.97. The topological polar surface area (TPSA) is 51.0 Å². The number of rotatable bonds is 2. The molecule has 0 spiro atoms. The highest BCUT2D eigenvalue weighted by Gasteiger charge is 2.21. The number of piperidine rings is 1. The molecule has 1 atom stereocenters. The Kier molecular flexibility index (Phi) is 3.43. The van der Waals surface area contributed by atoms with Crippen LogP contribution in [0.5, 0.6) is 0 Å². The molecule has 1 N–H and O–H groups in total. The largest absolute Gasteiger partial charge is 0.420 e. The van der Waals surface area contributed by atoms with Crippen LogP contribution >= 0.6 is 15.9 Å². The Morgan fingerprint density at radius 1 is 1.22 bits per heavy atom. The summed E-state index contributed by atoms with van der Waals surface area (Å²) in [5.41, 5.74) is 0.959. The Morgan fingerprint density at radius 2 is 2.06 bits per heavy atom. The van der Waals surface area contributed by atoms with E-state index in [1.165, 1.54) is 6.42 Å². The Labute approximate surface area is 114 Å². The zero-order chi connectivity index (χ0) is 12.4. The molecule has 5 heteroatoms. The van der Waals surface area contributed by atoms with Gasteiger partial charge in [-0.1, -0.05) is 15.9 Å². The van der Waals surface area contributed by atoms with Crippen LogP contribution in [0.3, 0.4) is 0 Å². The molecule has 1 unspecified atom stereocenters. The van der Waals surface area contributed by atoms with E-state index in [-0.39, 0.29) is 0 Å². The van der Waals surface area contributed by atoms with Gasteiger partial charge in [-0.2, -0.15) is 0 Å². The van der Waals surface area contributed by atoms with Gasteiger partial charge >= 0.3 is 0 Å². The number of hydrogen-bond acceptors (Lipinski definition) is 4. The van der Waals surface area contributed by atoms with Gasteiger partial charge in [0, 0.05) is 22.5 Å². The summed E-state index contributed by atoms with van der Waals surface area (Å²) in [4.78, 5) is 0. The lowest BCUT2D eigenvalue weighted by Gasteiger charge is -2.18. The lowest BCUT2D eigenvalue weighted by Crippen LogP contribution is -2.28. The molecule has 0 radical (unpaired) electrons.